The van der Waals surface area contributed by atoms with Crippen LogP contribution in [0.1, 0.15) is 32.4 Å². The van der Waals surface area contributed by atoms with Crippen LogP contribution in [0.5, 0.6) is 0 Å². The number of ether oxygens (including phenoxy) is 1. The van der Waals surface area contributed by atoms with Crippen LogP contribution in [0.2, 0.25) is 0 Å². The smallest absolute Gasteiger partial charge is 0.376 e. The molecule has 1 heterocycles. The van der Waals surface area contributed by atoms with Crippen molar-refractivity contribution >= 4 is 12.1 Å². The molecule has 1 N–H and O–H groups in total. The Kier molecular flexibility index (Phi) is 4.09. The topological polar surface area (TPSA) is 58.6 Å². The third-order valence-electron chi connectivity index (χ3n) is 3.18. The molecule has 1 aliphatic heterocycles. The average molecular weight is 276 g/mol. The van der Waals surface area contributed by atoms with Gasteiger partial charge in [-0.15, -0.1) is 0 Å². The van der Waals surface area contributed by atoms with Gasteiger partial charge in [0, 0.05) is 6.54 Å². The van der Waals surface area contributed by atoms with Crippen molar-refractivity contribution in [2.75, 3.05) is 13.2 Å². The molecule has 0 aromatic heterocycles. The van der Waals surface area contributed by atoms with Gasteiger partial charge in [0.2, 0.25) is 0 Å². The summed E-state index contributed by atoms with van der Waals surface area (Å²) in [4.78, 5) is 25.1. The van der Waals surface area contributed by atoms with Gasteiger partial charge < -0.3 is 4.74 Å². The van der Waals surface area contributed by atoms with E-state index in [4.69, 9.17) is 4.74 Å². The first-order valence-corrected chi connectivity index (χ1v) is 6.67. The summed E-state index contributed by atoms with van der Waals surface area (Å²) in [6.07, 6.45) is -0.587. The van der Waals surface area contributed by atoms with Crippen molar-refractivity contribution in [3.8, 4) is 0 Å². The summed E-state index contributed by atoms with van der Waals surface area (Å²) in [6, 6.07) is 9.96. The van der Waals surface area contributed by atoms with Gasteiger partial charge in [0.05, 0.1) is 18.1 Å². The highest BCUT2D eigenvalue weighted by molar-refractivity contribution is 5.87. The number of nitrogens with zero attached hydrogens (tertiary/aromatic N) is 1. The normalized spacial score (nSPS) is 18.9. The summed E-state index contributed by atoms with van der Waals surface area (Å²) in [5.74, 6) is -0.509. The van der Waals surface area contributed by atoms with Gasteiger partial charge in [0.25, 0.3) is 0 Å². The second kappa shape index (κ2) is 5.63. The molecule has 0 aliphatic carbocycles. The van der Waals surface area contributed by atoms with E-state index < -0.39 is 17.5 Å². The summed E-state index contributed by atoms with van der Waals surface area (Å²) in [5, 5.41) is 3.23. The van der Waals surface area contributed by atoms with Gasteiger partial charge >= 0.3 is 12.1 Å². The van der Waals surface area contributed by atoms with Gasteiger partial charge in [-0.25, -0.2) is 4.79 Å². The second-order valence-corrected chi connectivity index (χ2v) is 5.95. The first-order chi connectivity index (χ1) is 9.38. The molecule has 0 radical (unpaired) electrons. The summed E-state index contributed by atoms with van der Waals surface area (Å²) < 4.78 is 4.89. The van der Waals surface area contributed by atoms with Crippen molar-refractivity contribution in [3.63, 3.8) is 0 Å². The van der Waals surface area contributed by atoms with Crippen molar-refractivity contribution < 1.29 is 14.3 Å². The van der Waals surface area contributed by atoms with E-state index in [1.807, 2.05) is 30.3 Å². The van der Waals surface area contributed by atoms with Crippen LogP contribution in [-0.4, -0.2) is 30.2 Å². The Balaban J connectivity index is 1.93. The third-order valence-corrected chi connectivity index (χ3v) is 3.18. The molecule has 1 fully saturated rings. The molecule has 1 aromatic rings. The van der Waals surface area contributed by atoms with Crippen LogP contribution < -0.4 is 5.32 Å². The highest BCUT2D eigenvalue weighted by atomic mass is 16.6. The Morgan fingerprint density at radius 2 is 1.90 bits per heavy atom. The molecule has 1 atom stereocenters. The molecule has 1 aromatic carbocycles. The quantitative estimate of drug-likeness (QED) is 0.631. The number of carbonyl (C=O) groups excluding carboxylic acids is 2. The minimum absolute atomic E-state index is 0.0773. The molecule has 1 unspecified atom stereocenters. The van der Waals surface area contributed by atoms with Gasteiger partial charge in [-0.1, -0.05) is 30.3 Å². The maximum atomic E-state index is 11.9. The lowest BCUT2D eigenvalue weighted by molar-refractivity contribution is -0.147. The van der Waals surface area contributed by atoms with Crippen LogP contribution in [0.4, 0.5) is 4.79 Å². The van der Waals surface area contributed by atoms with Gasteiger partial charge in [-0.3, -0.25) is 15.0 Å². The van der Waals surface area contributed by atoms with Crippen molar-refractivity contribution in [2.24, 2.45) is 5.41 Å². The van der Waals surface area contributed by atoms with E-state index in [1.54, 1.807) is 20.8 Å². The number of rotatable bonds is 1. The molecule has 20 heavy (non-hydrogen) atoms. The highest BCUT2D eigenvalue weighted by Gasteiger charge is 2.32. The maximum Gasteiger partial charge on any atom is 0.418 e. The maximum absolute atomic E-state index is 11.9. The fourth-order valence-electron chi connectivity index (χ4n) is 1.91. The molecule has 0 bridgehead atoms. The summed E-state index contributed by atoms with van der Waals surface area (Å²) in [6.45, 7) is 6.04. The molecular formula is C15H20N2O3. The van der Waals surface area contributed by atoms with E-state index in [2.05, 4.69) is 5.32 Å². The average Bonchev–Trinajstić information content (AvgIpc) is 2.88. The summed E-state index contributed by atoms with van der Waals surface area (Å²) >= 11 is 0. The zero-order valence-corrected chi connectivity index (χ0v) is 12.1. The van der Waals surface area contributed by atoms with Gasteiger partial charge in [0.1, 0.15) is 0 Å². The SMILES string of the molecule is CC(C)(C)C(=O)OC(=O)N1CNC(c2ccccc2)C1. The van der Waals surface area contributed by atoms with Crippen LogP contribution in [0.15, 0.2) is 30.3 Å². The largest absolute Gasteiger partial charge is 0.418 e. The standard InChI is InChI=1S/C15H20N2O3/c1-15(2,3)13(18)20-14(19)17-9-12(16-10-17)11-7-5-4-6-8-11/h4-8,12,16H,9-10H2,1-3H3. The minimum atomic E-state index is -0.679. The Morgan fingerprint density at radius 3 is 2.50 bits per heavy atom. The van der Waals surface area contributed by atoms with Crippen LogP contribution in [0.25, 0.3) is 0 Å². The van der Waals surface area contributed by atoms with Crippen molar-refractivity contribution in [2.45, 2.75) is 26.8 Å². The molecule has 0 saturated carbocycles. The molecule has 5 nitrogen and oxygen atoms in total. The minimum Gasteiger partial charge on any atom is -0.376 e. The summed E-state index contributed by atoms with van der Waals surface area (Å²) in [5.41, 5.74) is 0.437. The lowest BCUT2D eigenvalue weighted by Gasteiger charge is -2.19. The van der Waals surface area contributed by atoms with Crippen LogP contribution in [0.3, 0.4) is 0 Å². The van der Waals surface area contributed by atoms with Crippen LogP contribution in [-0.2, 0) is 9.53 Å². The predicted molar refractivity (Wildman–Crippen MR) is 74.8 cm³/mol. The molecule has 1 amide bonds. The van der Waals surface area contributed by atoms with E-state index in [0.717, 1.165) is 5.56 Å². The Morgan fingerprint density at radius 1 is 1.25 bits per heavy atom. The number of nitrogens with one attached hydrogen (secondary N) is 1. The third kappa shape index (κ3) is 3.36. The van der Waals surface area contributed by atoms with Crippen molar-refractivity contribution in [1.29, 1.82) is 0 Å². The van der Waals surface area contributed by atoms with E-state index in [1.165, 1.54) is 4.90 Å². The first kappa shape index (κ1) is 14.5. The lowest BCUT2D eigenvalue weighted by atomic mass is 9.97. The number of hydrogen-bond donors (Lipinski definition) is 1. The highest BCUT2D eigenvalue weighted by Crippen LogP contribution is 2.20. The molecule has 1 saturated heterocycles. The molecule has 108 valence electrons. The zero-order chi connectivity index (χ0) is 14.8. The molecule has 2 rings (SSSR count). The monoisotopic (exact) mass is 276 g/mol. The molecule has 0 spiro atoms. The fourth-order valence-corrected chi connectivity index (χ4v) is 1.91. The predicted octanol–water partition coefficient (Wildman–Crippen LogP) is 2.30. The van der Waals surface area contributed by atoms with Crippen LogP contribution in [0, 0.1) is 5.41 Å². The number of hydrogen-bond acceptors (Lipinski definition) is 4. The Hall–Kier alpha value is -1.88. The number of carbonyl (C=O) groups is 2. The van der Waals surface area contributed by atoms with Gasteiger partial charge in [0.15, 0.2) is 0 Å². The number of esters is 1. The van der Waals surface area contributed by atoms with Crippen molar-refractivity contribution in [1.82, 2.24) is 10.2 Å². The zero-order valence-electron chi connectivity index (χ0n) is 12.1. The second-order valence-electron chi connectivity index (χ2n) is 5.95. The molecule has 5 heteroatoms. The summed E-state index contributed by atoms with van der Waals surface area (Å²) in [7, 11) is 0. The van der Waals surface area contributed by atoms with Gasteiger partial charge in [-0.05, 0) is 26.3 Å². The van der Waals surface area contributed by atoms with E-state index in [9.17, 15) is 9.59 Å². The van der Waals surface area contributed by atoms with Crippen molar-refractivity contribution in [3.05, 3.63) is 35.9 Å². The first-order valence-electron chi connectivity index (χ1n) is 6.67. The van der Waals surface area contributed by atoms with Crippen LogP contribution >= 0.6 is 0 Å². The molecule has 1 aliphatic rings. The molecular weight excluding hydrogens is 256 g/mol. The van der Waals surface area contributed by atoms with E-state index in [0.29, 0.717) is 13.2 Å². The van der Waals surface area contributed by atoms with E-state index >= 15 is 0 Å². The number of benzene rings is 1. The van der Waals surface area contributed by atoms with Gasteiger partial charge in [-0.2, -0.15) is 0 Å². The Labute approximate surface area is 118 Å². The van der Waals surface area contributed by atoms with E-state index in [-0.39, 0.29) is 6.04 Å². The lowest BCUT2D eigenvalue weighted by Crippen LogP contribution is -2.35. The number of amides is 1. The fraction of sp³-hybridized carbons (Fsp3) is 0.467. The Bertz CT molecular complexity index is 494.